The smallest absolute Gasteiger partial charge is 0.275 e. The molecule has 0 aliphatic heterocycles. The third kappa shape index (κ3) is 4.79. The molecular weight excluding hydrogens is 374 g/mol. The number of hydrogen-bond donors (Lipinski definition) is 2. The minimum absolute atomic E-state index is 0.000955. The number of aromatic amines is 1. The monoisotopic (exact) mass is 401 g/mol. The van der Waals surface area contributed by atoms with E-state index >= 15 is 0 Å². The fraction of sp³-hybridized carbons (Fsp3) is 0.280. The van der Waals surface area contributed by atoms with Crippen molar-refractivity contribution in [1.29, 1.82) is 0 Å². The summed E-state index contributed by atoms with van der Waals surface area (Å²) in [5.74, 6) is -0.337. The molecular formula is C25H27N3O2. The minimum Gasteiger partial charge on any atom is -0.352 e. The van der Waals surface area contributed by atoms with Gasteiger partial charge in [0.05, 0.1) is 0 Å². The Morgan fingerprint density at radius 2 is 1.53 bits per heavy atom. The van der Waals surface area contributed by atoms with E-state index in [0.29, 0.717) is 11.4 Å². The van der Waals surface area contributed by atoms with E-state index in [1.165, 1.54) is 6.42 Å². The van der Waals surface area contributed by atoms with Crippen molar-refractivity contribution in [3.05, 3.63) is 78.5 Å². The Labute approximate surface area is 177 Å². The second kappa shape index (κ2) is 9.44. The van der Waals surface area contributed by atoms with Crippen LogP contribution >= 0.6 is 0 Å². The van der Waals surface area contributed by atoms with Gasteiger partial charge in [-0.25, -0.2) is 0 Å². The van der Waals surface area contributed by atoms with Crippen LogP contribution in [0.3, 0.4) is 0 Å². The molecule has 0 spiro atoms. The summed E-state index contributed by atoms with van der Waals surface area (Å²) in [7, 11) is 0. The van der Waals surface area contributed by atoms with E-state index in [9.17, 15) is 9.59 Å². The zero-order valence-electron chi connectivity index (χ0n) is 17.0. The largest absolute Gasteiger partial charge is 0.352 e. The predicted octanol–water partition coefficient (Wildman–Crippen LogP) is 4.78. The van der Waals surface area contributed by atoms with Gasteiger partial charge in [0.2, 0.25) is 5.91 Å². The van der Waals surface area contributed by atoms with Gasteiger partial charge in [-0.05, 0) is 42.7 Å². The van der Waals surface area contributed by atoms with E-state index in [2.05, 4.69) is 10.3 Å². The van der Waals surface area contributed by atoms with Gasteiger partial charge in [-0.1, -0.05) is 67.8 Å². The Balaban J connectivity index is 1.53. The molecule has 1 aliphatic carbocycles. The van der Waals surface area contributed by atoms with Gasteiger partial charge >= 0.3 is 0 Å². The van der Waals surface area contributed by atoms with E-state index in [1.807, 2.05) is 66.7 Å². The van der Waals surface area contributed by atoms with E-state index in [1.54, 1.807) is 11.0 Å². The van der Waals surface area contributed by atoms with Crippen molar-refractivity contribution in [3.63, 3.8) is 0 Å². The molecule has 3 aromatic rings. The Bertz CT molecular complexity index is 976. The molecule has 154 valence electrons. The predicted molar refractivity (Wildman–Crippen MR) is 119 cm³/mol. The van der Waals surface area contributed by atoms with E-state index in [4.69, 9.17) is 0 Å². The molecule has 1 aromatic heterocycles. The van der Waals surface area contributed by atoms with Crippen LogP contribution in [-0.2, 0) is 4.79 Å². The lowest BCUT2D eigenvalue weighted by atomic mass is 9.95. The summed E-state index contributed by atoms with van der Waals surface area (Å²) in [4.78, 5) is 30.8. The third-order valence-corrected chi connectivity index (χ3v) is 5.59. The Kier molecular flexibility index (Phi) is 6.28. The molecule has 1 fully saturated rings. The molecule has 0 radical (unpaired) electrons. The SMILES string of the molecule is O=C(CN(C(=O)c1ccc(-c2ccccc2)[nH]1)c1ccccc1)NC1CCCCC1. The minimum atomic E-state index is -0.220. The van der Waals surface area contributed by atoms with Crippen LogP contribution in [0, 0.1) is 0 Å². The summed E-state index contributed by atoms with van der Waals surface area (Å²) in [6.07, 6.45) is 5.57. The van der Waals surface area contributed by atoms with Gasteiger partial charge in [-0.2, -0.15) is 0 Å². The molecule has 1 saturated carbocycles. The lowest BCUT2D eigenvalue weighted by Gasteiger charge is -2.26. The molecule has 5 heteroatoms. The first kappa shape index (κ1) is 20.0. The maximum absolute atomic E-state index is 13.3. The number of carbonyl (C=O) groups excluding carboxylic acids is 2. The van der Waals surface area contributed by atoms with Crippen LogP contribution < -0.4 is 10.2 Å². The maximum Gasteiger partial charge on any atom is 0.275 e. The number of benzene rings is 2. The second-order valence-electron chi connectivity index (χ2n) is 7.78. The fourth-order valence-corrected chi connectivity index (χ4v) is 4.00. The summed E-state index contributed by atoms with van der Waals surface area (Å²) < 4.78 is 0. The van der Waals surface area contributed by atoms with Crippen LogP contribution in [0.1, 0.15) is 42.6 Å². The van der Waals surface area contributed by atoms with Crippen LogP contribution in [0.2, 0.25) is 0 Å². The number of aromatic nitrogens is 1. The Morgan fingerprint density at radius 3 is 2.23 bits per heavy atom. The Hall–Kier alpha value is -3.34. The molecule has 0 saturated heterocycles. The molecule has 1 heterocycles. The van der Waals surface area contributed by atoms with Gasteiger partial charge in [0.1, 0.15) is 12.2 Å². The molecule has 2 N–H and O–H groups in total. The van der Waals surface area contributed by atoms with Crippen LogP contribution in [0.15, 0.2) is 72.8 Å². The van der Waals surface area contributed by atoms with Gasteiger partial charge in [-0.15, -0.1) is 0 Å². The molecule has 0 unspecified atom stereocenters. The van der Waals surface area contributed by atoms with E-state index in [0.717, 1.165) is 36.9 Å². The number of nitrogens with one attached hydrogen (secondary N) is 2. The zero-order chi connectivity index (χ0) is 20.8. The number of H-pyrrole nitrogens is 1. The van der Waals surface area contributed by atoms with E-state index in [-0.39, 0.29) is 24.4 Å². The quantitative estimate of drug-likeness (QED) is 0.624. The van der Waals surface area contributed by atoms with Gasteiger partial charge < -0.3 is 10.3 Å². The van der Waals surface area contributed by atoms with Crippen molar-refractivity contribution >= 4 is 17.5 Å². The highest BCUT2D eigenvalue weighted by atomic mass is 16.2. The highest BCUT2D eigenvalue weighted by molar-refractivity contribution is 6.08. The normalized spacial score (nSPS) is 14.3. The second-order valence-corrected chi connectivity index (χ2v) is 7.78. The van der Waals surface area contributed by atoms with Crippen molar-refractivity contribution in [3.8, 4) is 11.3 Å². The standard InChI is InChI=1S/C25H27N3O2/c29-24(26-20-12-6-2-7-13-20)18-28(21-14-8-3-9-15-21)25(30)23-17-16-22(27-23)19-10-4-1-5-11-19/h1,3-5,8-11,14-17,20,27H,2,6-7,12-13,18H2,(H,26,29). The first-order valence-electron chi connectivity index (χ1n) is 10.6. The van der Waals surface area contributed by atoms with Crippen LogP contribution in [0.5, 0.6) is 0 Å². The number of amides is 2. The fourth-order valence-electron chi connectivity index (χ4n) is 4.00. The number of carbonyl (C=O) groups is 2. The maximum atomic E-state index is 13.3. The third-order valence-electron chi connectivity index (χ3n) is 5.59. The average Bonchev–Trinajstić information content (AvgIpc) is 3.29. The molecule has 0 bridgehead atoms. The first-order valence-corrected chi connectivity index (χ1v) is 10.6. The van der Waals surface area contributed by atoms with Crippen LogP contribution in [0.4, 0.5) is 5.69 Å². The summed E-state index contributed by atoms with van der Waals surface area (Å²) in [5.41, 5.74) is 3.05. The highest BCUT2D eigenvalue weighted by Gasteiger charge is 2.24. The molecule has 4 rings (SSSR count). The molecule has 5 nitrogen and oxygen atoms in total. The van der Waals surface area contributed by atoms with Crippen LogP contribution in [0.25, 0.3) is 11.3 Å². The van der Waals surface area contributed by atoms with E-state index < -0.39 is 0 Å². The number of hydrogen-bond acceptors (Lipinski definition) is 2. The zero-order valence-corrected chi connectivity index (χ0v) is 17.0. The highest BCUT2D eigenvalue weighted by Crippen LogP contribution is 2.22. The Morgan fingerprint density at radius 1 is 0.867 bits per heavy atom. The van der Waals surface area contributed by atoms with Gasteiger partial charge in [0.25, 0.3) is 5.91 Å². The van der Waals surface area contributed by atoms with Gasteiger partial charge in [-0.3, -0.25) is 14.5 Å². The topological polar surface area (TPSA) is 65.2 Å². The molecule has 1 aliphatic rings. The number of anilines is 1. The van der Waals surface area contributed by atoms with Crippen molar-refractivity contribution in [2.75, 3.05) is 11.4 Å². The van der Waals surface area contributed by atoms with Crippen molar-refractivity contribution < 1.29 is 9.59 Å². The average molecular weight is 402 g/mol. The summed E-state index contributed by atoms with van der Waals surface area (Å²) in [6.45, 7) is -0.000955. The van der Waals surface area contributed by atoms with Crippen LogP contribution in [-0.4, -0.2) is 29.4 Å². The number of rotatable bonds is 6. The summed E-state index contributed by atoms with van der Waals surface area (Å²) in [6, 6.07) is 23.1. The summed E-state index contributed by atoms with van der Waals surface area (Å²) >= 11 is 0. The molecule has 0 atom stereocenters. The molecule has 30 heavy (non-hydrogen) atoms. The summed E-state index contributed by atoms with van der Waals surface area (Å²) in [5, 5.41) is 3.11. The molecule has 2 aromatic carbocycles. The van der Waals surface area contributed by atoms with Gasteiger partial charge in [0, 0.05) is 17.4 Å². The van der Waals surface area contributed by atoms with Crippen molar-refractivity contribution in [2.24, 2.45) is 0 Å². The first-order chi connectivity index (χ1) is 14.7. The number of para-hydroxylation sites is 1. The van der Waals surface area contributed by atoms with Gasteiger partial charge in [0.15, 0.2) is 0 Å². The van der Waals surface area contributed by atoms with Crippen molar-refractivity contribution in [2.45, 2.75) is 38.1 Å². The molecule has 2 amide bonds. The number of nitrogens with zero attached hydrogens (tertiary/aromatic N) is 1. The lowest BCUT2D eigenvalue weighted by Crippen LogP contribution is -2.45. The van der Waals surface area contributed by atoms with Crippen molar-refractivity contribution in [1.82, 2.24) is 10.3 Å². The lowest BCUT2D eigenvalue weighted by molar-refractivity contribution is -0.120.